The largest absolute Gasteiger partial charge is 0.342 e. The van der Waals surface area contributed by atoms with Crippen molar-refractivity contribution in [3.63, 3.8) is 0 Å². The molecule has 220 valence electrons. The molecule has 0 bridgehead atoms. The van der Waals surface area contributed by atoms with Crippen LogP contribution in [0.5, 0.6) is 0 Å². The number of para-hydroxylation sites is 1. The average molecular weight is 560 g/mol. The Hall–Kier alpha value is -3.65. The third-order valence-corrected chi connectivity index (χ3v) is 8.29. The van der Waals surface area contributed by atoms with Crippen molar-refractivity contribution in [1.29, 1.82) is 0 Å². The van der Waals surface area contributed by atoms with Gasteiger partial charge in [-0.05, 0) is 56.3 Å². The van der Waals surface area contributed by atoms with Crippen molar-refractivity contribution >= 4 is 28.6 Å². The van der Waals surface area contributed by atoms with Crippen LogP contribution < -0.4 is 10.6 Å². The number of benzene rings is 2. The van der Waals surface area contributed by atoms with Crippen LogP contribution in [0.4, 0.5) is 0 Å². The van der Waals surface area contributed by atoms with E-state index in [-0.39, 0.29) is 23.8 Å². The predicted molar refractivity (Wildman–Crippen MR) is 164 cm³/mol. The van der Waals surface area contributed by atoms with Crippen LogP contribution in [-0.4, -0.2) is 76.9 Å². The van der Waals surface area contributed by atoms with E-state index in [0.717, 1.165) is 35.7 Å². The molecular formula is C33H45N5O3. The molecule has 3 aromatic rings. The smallest absolute Gasteiger partial charge is 0.270 e. The van der Waals surface area contributed by atoms with E-state index in [1.165, 1.54) is 0 Å². The van der Waals surface area contributed by atoms with Gasteiger partial charge in [0, 0.05) is 43.6 Å². The highest BCUT2D eigenvalue weighted by atomic mass is 16.2. The van der Waals surface area contributed by atoms with Gasteiger partial charge < -0.3 is 25.0 Å². The topological polar surface area (TPSA) is 86.7 Å². The van der Waals surface area contributed by atoms with Crippen molar-refractivity contribution in [1.82, 2.24) is 25.0 Å². The molecule has 2 aromatic carbocycles. The normalized spacial score (nSPS) is 16.9. The lowest BCUT2D eigenvalue weighted by Crippen LogP contribution is -2.59. The van der Waals surface area contributed by atoms with Crippen LogP contribution in [-0.2, 0) is 23.1 Å². The number of hydrogen-bond donors (Lipinski definition) is 2. The molecule has 3 amide bonds. The minimum Gasteiger partial charge on any atom is -0.342 e. The van der Waals surface area contributed by atoms with Crippen LogP contribution in [0.3, 0.4) is 0 Å². The monoisotopic (exact) mass is 559 g/mol. The lowest BCUT2D eigenvalue weighted by Gasteiger charge is -2.37. The van der Waals surface area contributed by atoms with Gasteiger partial charge >= 0.3 is 0 Å². The van der Waals surface area contributed by atoms with E-state index in [0.29, 0.717) is 25.3 Å². The molecule has 1 aliphatic rings. The maximum absolute atomic E-state index is 14.1. The standard InChI is InChI=1S/C33H45N5O3/c1-23(34-5)30(39)35-29(33(2,3)4)32(41)38-19-12-16-26(38)22-37(20-18-24-13-8-7-9-14-24)31(40)28-21-25-15-10-11-17-27(25)36(28)6/h7-11,13-15,17,21,23,26,29,34H,12,16,18-20,22H2,1-6H3,(H,35,39)/t23-,26?,29?/m0/s1. The number of aryl methyl sites for hydroxylation is 1. The van der Waals surface area contributed by atoms with Crippen molar-refractivity contribution in [2.24, 2.45) is 12.5 Å². The summed E-state index contributed by atoms with van der Waals surface area (Å²) in [5.41, 5.74) is 2.34. The Morgan fingerprint density at radius 1 is 1.05 bits per heavy atom. The summed E-state index contributed by atoms with van der Waals surface area (Å²) in [7, 11) is 3.66. The van der Waals surface area contributed by atoms with Crippen molar-refractivity contribution in [2.75, 3.05) is 26.7 Å². The summed E-state index contributed by atoms with van der Waals surface area (Å²) in [5, 5.41) is 6.98. The number of fused-ring (bicyclic) bond motifs is 1. The van der Waals surface area contributed by atoms with Gasteiger partial charge in [0.2, 0.25) is 11.8 Å². The molecule has 1 aliphatic heterocycles. The molecule has 3 atom stereocenters. The number of carbonyl (C=O) groups is 3. The summed E-state index contributed by atoms with van der Waals surface area (Å²) in [6, 6.07) is 18.9. The Morgan fingerprint density at radius 3 is 2.39 bits per heavy atom. The Kier molecular flexibility index (Phi) is 9.53. The zero-order valence-electron chi connectivity index (χ0n) is 25.3. The molecule has 2 N–H and O–H groups in total. The van der Waals surface area contributed by atoms with E-state index < -0.39 is 17.5 Å². The Morgan fingerprint density at radius 2 is 1.73 bits per heavy atom. The van der Waals surface area contributed by atoms with E-state index in [4.69, 9.17) is 0 Å². The fourth-order valence-corrected chi connectivity index (χ4v) is 5.62. The third-order valence-electron chi connectivity index (χ3n) is 8.29. The summed E-state index contributed by atoms with van der Waals surface area (Å²) in [6.07, 6.45) is 2.40. The van der Waals surface area contributed by atoms with E-state index in [9.17, 15) is 14.4 Å². The highest BCUT2D eigenvalue weighted by Gasteiger charge is 2.41. The number of likely N-dealkylation sites (N-methyl/N-ethyl adjacent to an activating group) is 1. The minimum atomic E-state index is -0.668. The maximum atomic E-state index is 14.1. The molecule has 0 aliphatic carbocycles. The molecule has 0 saturated carbocycles. The Labute approximate surface area is 244 Å². The number of carbonyl (C=O) groups excluding carboxylic acids is 3. The molecule has 1 saturated heterocycles. The van der Waals surface area contributed by atoms with E-state index >= 15 is 0 Å². The fraction of sp³-hybridized carbons (Fsp3) is 0.485. The van der Waals surface area contributed by atoms with Gasteiger partial charge in [-0.25, -0.2) is 0 Å². The van der Waals surface area contributed by atoms with E-state index in [1.807, 2.05) is 90.7 Å². The third kappa shape index (κ3) is 6.99. The van der Waals surface area contributed by atoms with Gasteiger partial charge in [-0.15, -0.1) is 0 Å². The molecule has 1 fully saturated rings. The number of nitrogens with one attached hydrogen (secondary N) is 2. The van der Waals surface area contributed by atoms with Crippen LogP contribution in [0.25, 0.3) is 10.9 Å². The molecule has 0 spiro atoms. The van der Waals surface area contributed by atoms with Crippen LogP contribution in [0.1, 0.15) is 56.6 Å². The number of likely N-dealkylation sites (tertiary alicyclic amines) is 1. The maximum Gasteiger partial charge on any atom is 0.270 e. The lowest BCUT2D eigenvalue weighted by atomic mass is 9.85. The second-order valence-electron chi connectivity index (χ2n) is 12.3. The van der Waals surface area contributed by atoms with Crippen molar-refractivity contribution in [2.45, 2.75) is 65.1 Å². The van der Waals surface area contributed by atoms with Gasteiger partial charge in [-0.2, -0.15) is 0 Å². The van der Waals surface area contributed by atoms with Crippen molar-refractivity contribution < 1.29 is 14.4 Å². The molecule has 1 aromatic heterocycles. The minimum absolute atomic E-state index is 0.0394. The highest BCUT2D eigenvalue weighted by Crippen LogP contribution is 2.27. The first-order valence-electron chi connectivity index (χ1n) is 14.7. The zero-order chi connectivity index (χ0) is 29.7. The van der Waals surface area contributed by atoms with Gasteiger partial charge in [0.25, 0.3) is 5.91 Å². The molecule has 8 heteroatoms. The SMILES string of the molecule is CN[C@@H](C)C(=O)NC(C(=O)N1CCCC1CN(CCc1ccccc1)C(=O)c1cc2ccccc2n1C)C(C)(C)C. The van der Waals surface area contributed by atoms with Gasteiger partial charge in [0.15, 0.2) is 0 Å². The summed E-state index contributed by atoms with van der Waals surface area (Å²) in [6.45, 7) is 9.30. The van der Waals surface area contributed by atoms with Crippen LogP contribution in [0.15, 0.2) is 60.7 Å². The number of amides is 3. The number of nitrogens with zero attached hydrogens (tertiary/aromatic N) is 3. The molecular weight excluding hydrogens is 514 g/mol. The Balaban J connectivity index is 1.59. The second-order valence-corrected chi connectivity index (χ2v) is 12.3. The quantitative estimate of drug-likeness (QED) is 0.393. The van der Waals surface area contributed by atoms with E-state index in [2.05, 4.69) is 22.8 Å². The van der Waals surface area contributed by atoms with Gasteiger partial charge in [-0.3, -0.25) is 14.4 Å². The average Bonchev–Trinajstić information content (AvgIpc) is 3.56. The van der Waals surface area contributed by atoms with E-state index in [1.54, 1.807) is 14.0 Å². The van der Waals surface area contributed by atoms with Gasteiger partial charge in [0.05, 0.1) is 6.04 Å². The fourth-order valence-electron chi connectivity index (χ4n) is 5.62. The number of aromatic nitrogens is 1. The van der Waals surface area contributed by atoms with Gasteiger partial charge in [0.1, 0.15) is 11.7 Å². The van der Waals surface area contributed by atoms with Crippen LogP contribution >= 0.6 is 0 Å². The van der Waals surface area contributed by atoms with Crippen LogP contribution in [0, 0.1) is 5.41 Å². The first kappa shape index (κ1) is 30.3. The molecule has 8 nitrogen and oxygen atoms in total. The van der Waals surface area contributed by atoms with Crippen molar-refractivity contribution in [3.8, 4) is 0 Å². The lowest BCUT2D eigenvalue weighted by molar-refractivity contribution is -0.140. The van der Waals surface area contributed by atoms with Crippen LogP contribution in [0.2, 0.25) is 0 Å². The molecule has 2 heterocycles. The summed E-state index contributed by atoms with van der Waals surface area (Å²) in [4.78, 5) is 44.7. The summed E-state index contributed by atoms with van der Waals surface area (Å²) < 4.78 is 1.96. The van der Waals surface area contributed by atoms with Crippen molar-refractivity contribution in [3.05, 3.63) is 71.9 Å². The summed E-state index contributed by atoms with van der Waals surface area (Å²) >= 11 is 0. The number of rotatable bonds is 10. The second kappa shape index (κ2) is 12.9. The molecule has 0 radical (unpaired) electrons. The highest BCUT2D eigenvalue weighted by molar-refractivity contribution is 5.99. The predicted octanol–water partition coefficient (Wildman–Crippen LogP) is 3.99. The molecule has 2 unspecified atom stereocenters. The molecule has 41 heavy (non-hydrogen) atoms. The summed E-state index contributed by atoms with van der Waals surface area (Å²) in [5.74, 6) is -0.328. The van der Waals surface area contributed by atoms with Gasteiger partial charge in [-0.1, -0.05) is 69.3 Å². The first-order valence-corrected chi connectivity index (χ1v) is 14.7. The zero-order valence-corrected chi connectivity index (χ0v) is 25.3. The molecule has 4 rings (SSSR count). The Bertz CT molecular complexity index is 1360. The number of hydrogen-bond acceptors (Lipinski definition) is 4. The first-order chi connectivity index (χ1) is 19.5.